The summed E-state index contributed by atoms with van der Waals surface area (Å²) in [6.45, 7) is 6.79. The van der Waals surface area contributed by atoms with Crippen molar-refractivity contribution in [1.82, 2.24) is 0 Å². The molecule has 0 fully saturated rings. The van der Waals surface area contributed by atoms with E-state index in [4.69, 9.17) is 4.74 Å². The topological polar surface area (TPSA) is 26.3 Å². The second-order valence-electron chi connectivity index (χ2n) is 9.95. The molecule has 1 aliphatic carbocycles. The molecule has 0 N–H and O–H groups in total. The zero-order chi connectivity index (χ0) is 24.2. The lowest BCUT2D eigenvalue weighted by atomic mass is 9.85. The minimum Gasteiger partial charge on any atom is -0.465 e. The number of hydrogen-bond donors (Lipinski definition) is 0. The van der Waals surface area contributed by atoms with Crippen molar-refractivity contribution in [3.63, 3.8) is 0 Å². The van der Waals surface area contributed by atoms with Gasteiger partial charge in [-0.3, -0.25) is 4.79 Å². The van der Waals surface area contributed by atoms with Gasteiger partial charge in [-0.05, 0) is 84.8 Å². The first-order chi connectivity index (χ1) is 16.6. The van der Waals surface area contributed by atoms with E-state index in [1.54, 1.807) is 5.56 Å². The van der Waals surface area contributed by atoms with Crippen LogP contribution in [-0.2, 0) is 28.8 Å². The minimum absolute atomic E-state index is 0.0220. The molecule has 2 nitrogen and oxygen atoms in total. The van der Waals surface area contributed by atoms with Crippen molar-refractivity contribution in [1.29, 1.82) is 0 Å². The number of hydrogen-bond acceptors (Lipinski definition) is 2. The molecule has 0 bridgehead atoms. The van der Waals surface area contributed by atoms with Gasteiger partial charge >= 0.3 is 5.97 Å². The van der Waals surface area contributed by atoms with Crippen LogP contribution < -0.4 is 0 Å². The molecule has 34 heavy (non-hydrogen) atoms. The van der Waals surface area contributed by atoms with Crippen LogP contribution in [0.5, 0.6) is 0 Å². The zero-order valence-corrected chi connectivity index (χ0v) is 21.7. The zero-order valence-electron chi connectivity index (χ0n) is 21.7. The largest absolute Gasteiger partial charge is 0.465 e. The van der Waals surface area contributed by atoms with Gasteiger partial charge in [-0.2, -0.15) is 0 Å². The maximum absolute atomic E-state index is 11.7. The van der Waals surface area contributed by atoms with Crippen LogP contribution in [0.2, 0.25) is 0 Å². The van der Waals surface area contributed by atoms with Gasteiger partial charge in [0.15, 0.2) is 0 Å². The molecule has 2 heteroatoms. The molecule has 0 saturated heterocycles. The van der Waals surface area contributed by atoms with Gasteiger partial charge in [0.05, 0.1) is 12.5 Å². The predicted molar refractivity (Wildman–Crippen MR) is 145 cm³/mol. The number of benzene rings is 2. The fourth-order valence-corrected chi connectivity index (χ4v) is 4.79. The highest BCUT2D eigenvalue weighted by molar-refractivity contribution is 5.84. The van der Waals surface area contributed by atoms with Gasteiger partial charge in [-0.1, -0.05) is 95.0 Å². The molecule has 2 aromatic carbocycles. The van der Waals surface area contributed by atoms with Gasteiger partial charge in [0.25, 0.3) is 0 Å². The van der Waals surface area contributed by atoms with Crippen LogP contribution in [0.3, 0.4) is 0 Å². The first-order valence-electron chi connectivity index (χ1n) is 13.7. The van der Waals surface area contributed by atoms with Gasteiger partial charge in [0.1, 0.15) is 0 Å². The molecule has 2 aromatic rings. The van der Waals surface area contributed by atoms with Crippen LogP contribution >= 0.6 is 0 Å². The van der Waals surface area contributed by atoms with Gasteiger partial charge in [-0.25, -0.2) is 0 Å². The summed E-state index contributed by atoms with van der Waals surface area (Å²) in [5.41, 5.74) is 8.78. The first-order valence-corrected chi connectivity index (χ1v) is 13.7. The molecular formula is C32H44O2. The van der Waals surface area contributed by atoms with Gasteiger partial charge in [-0.15, -0.1) is 0 Å². The second kappa shape index (κ2) is 14.1. The SMILES string of the molecule is CCCCCc1ccc(C2=Cc3cccc(CCCCCCOC(=O)C(C)CC)c3CC2)cc1. The van der Waals surface area contributed by atoms with Crippen molar-refractivity contribution in [2.24, 2.45) is 5.92 Å². The van der Waals surface area contributed by atoms with Crippen LogP contribution in [0.4, 0.5) is 0 Å². The number of esters is 1. The van der Waals surface area contributed by atoms with E-state index in [-0.39, 0.29) is 11.9 Å². The van der Waals surface area contributed by atoms with E-state index < -0.39 is 0 Å². The third kappa shape index (κ3) is 7.86. The molecule has 0 saturated carbocycles. The fraction of sp³-hybridized carbons (Fsp3) is 0.531. The van der Waals surface area contributed by atoms with E-state index in [1.165, 1.54) is 66.4 Å². The quantitative estimate of drug-likeness (QED) is 0.208. The maximum atomic E-state index is 11.7. The van der Waals surface area contributed by atoms with Crippen molar-refractivity contribution >= 4 is 17.6 Å². The normalized spacial score (nSPS) is 13.8. The number of ether oxygens (including phenoxy) is 1. The Hall–Kier alpha value is -2.35. The van der Waals surface area contributed by atoms with Gasteiger partial charge < -0.3 is 4.74 Å². The molecule has 184 valence electrons. The number of unbranched alkanes of at least 4 members (excludes halogenated alkanes) is 5. The predicted octanol–water partition coefficient (Wildman–Crippen LogP) is 8.60. The monoisotopic (exact) mass is 460 g/mol. The van der Waals surface area contributed by atoms with E-state index in [2.05, 4.69) is 55.5 Å². The van der Waals surface area contributed by atoms with Crippen LogP contribution in [0.1, 0.15) is 106 Å². The Labute approximate surface area is 207 Å². The maximum Gasteiger partial charge on any atom is 0.308 e. The summed E-state index contributed by atoms with van der Waals surface area (Å²) in [5, 5.41) is 0. The van der Waals surface area contributed by atoms with E-state index in [1.807, 2.05) is 13.8 Å². The number of allylic oxidation sites excluding steroid dienone is 1. The third-order valence-corrected chi connectivity index (χ3v) is 7.28. The molecule has 0 heterocycles. The number of rotatable bonds is 14. The number of carbonyl (C=O) groups excluding carboxylic acids is 1. The average molecular weight is 461 g/mol. The summed E-state index contributed by atoms with van der Waals surface area (Å²) in [7, 11) is 0. The van der Waals surface area contributed by atoms with Crippen molar-refractivity contribution in [3.05, 3.63) is 70.3 Å². The Kier molecular flexibility index (Phi) is 10.9. The summed E-state index contributed by atoms with van der Waals surface area (Å²) in [6, 6.07) is 16.1. The summed E-state index contributed by atoms with van der Waals surface area (Å²) < 4.78 is 5.36. The Bertz CT molecular complexity index is 923. The standard InChI is InChI=1S/C32H44O2/c1-4-6-9-13-26-17-19-27(20-18-26)29-21-22-31-28(15-12-16-30(31)24-29)14-10-7-8-11-23-34-32(33)25(3)5-2/h12,15-20,24-25H,4-11,13-14,21-23H2,1-3H3. The van der Waals surface area contributed by atoms with Crippen LogP contribution in [0, 0.1) is 5.92 Å². The summed E-state index contributed by atoms with van der Waals surface area (Å²) in [5.74, 6) is -0.0255. The highest BCUT2D eigenvalue weighted by Gasteiger charge is 2.15. The molecule has 1 atom stereocenters. The Balaban J connectivity index is 1.47. The van der Waals surface area contributed by atoms with Gasteiger partial charge in [0.2, 0.25) is 0 Å². The lowest BCUT2D eigenvalue weighted by Gasteiger charge is -2.20. The van der Waals surface area contributed by atoms with Crippen molar-refractivity contribution in [2.75, 3.05) is 6.61 Å². The second-order valence-corrected chi connectivity index (χ2v) is 9.95. The van der Waals surface area contributed by atoms with E-state index in [9.17, 15) is 4.79 Å². The summed E-state index contributed by atoms with van der Waals surface area (Å²) in [4.78, 5) is 11.7. The molecule has 0 aromatic heterocycles. The highest BCUT2D eigenvalue weighted by Crippen LogP contribution is 2.33. The third-order valence-electron chi connectivity index (χ3n) is 7.28. The van der Waals surface area contributed by atoms with Crippen LogP contribution in [0.15, 0.2) is 42.5 Å². The van der Waals surface area contributed by atoms with Crippen LogP contribution in [-0.4, -0.2) is 12.6 Å². The van der Waals surface area contributed by atoms with E-state index in [0.717, 1.165) is 38.5 Å². The van der Waals surface area contributed by atoms with Crippen molar-refractivity contribution in [2.45, 2.75) is 97.8 Å². The first kappa shape index (κ1) is 26.3. The molecule has 0 aliphatic heterocycles. The molecule has 0 spiro atoms. The molecule has 0 amide bonds. The lowest BCUT2D eigenvalue weighted by molar-refractivity contribution is -0.148. The molecule has 0 radical (unpaired) electrons. The Morgan fingerprint density at radius 2 is 1.65 bits per heavy atom. The number of carbonyl (C=O) groups is 1. The van der Waals surface area contributed by atoms with E-state index in [0.29, 0.717) is 6.61 Å². The number of aryl methyl sites for hydroxylation is 2. The molecule has 3 rings (SSSR count). The lowest BCUT2D eigenvalue weighted by Crippen LogP contribution is -2.14. The highest BCUT2D eigenvalue weighted by atomic mass is 16.5. The molecule has 1 unspecified atom stereocenters. The van der Waals surface area contributed by atoms with Crippen LogP contribution in [0.25, 0.3) is 11.6 Å². The molecule has 1 aliphatic rings. The van der Waals surface area contributed by atoms with Crippen molar-refractivity contribution in [3.8, 4) is 0 Å². The minimum atomic E-state index is -0.0474. The summed E-state index contributed by atoms with van der Waals surface area (Å²) in [6.07, 6.45) is 16.3. The summed E-state index contributed by atoms with van der Waals surface area (Å²) >= 11 is 0. The molecular weight excluding hydrogens is 416 g/mol. The van der Waals surface area contributed by atoms with Gasteiger partial charge in [0, 0.05) is 0 Å². The Morgan fingerprint density at radius 3 is 2.41 bits per heavy atom. The average Bonchev–Trinajstić information content (AvgIpc) is 2.87. The van der Waals surface area contributed by atoms with Crippen molar-refractivity contribution < 1.29 is 9.53 Å². The Morgan fingerprint density at radius 1 is 0.882 bits per heavy atom. The smallest absolute Gasteiger partial charge is 0.308 e. The number of fused-ring (bicyclic) bond motifs is 1. The fourth-order valence-electron chi connectivity index (χ4n) is 4.79. The van der Waals surface area contributed by atoms with E-state index >= 15 is 0 Å².